The fraction of sp³-hybridized carbons (Fsp3) is 0.235. The van der Waals surface area contributed by atoms with E-state index in [-0.39, 0.29) is 18.5 Å². The highest BCUT2D eigenvalue weighted by Crippen LogP contribution is 2.21. The lowest BCUT2D eigenvalue weighted by atomic mass is 10.1. The Hall–Kier alpha value is -1.84. The van der Waals surface area contributed by atoms with E-state index in [9.17, 15) is 4.79 Å². The Morgan fingerprint density at radius 2 is 1.81 bits per heavy atom. The Morgan fingerprint density at radius 1 is 1.14 bits per heavy atom. The fourth-order valence-electron chi connectivity index (χ4n) is 2.09. The second-order valence-electron chi connectivity index (χ2n) is 4.99. The molecule has 4 heteroatoms. The topological polar surface area (TPSA) is 41.1 Å². The normalized spacial score (nSPS) is 12.0. The van der Waals surface area contributed by atoms with Crippen molar-refractivity contribution in [3.8, 4) is 0 Å². The van der Waals surface area contributed by atoms with Gasteiger partial charge in [0, 0.05) is 16.8 Å². The van der Waals surface area contributed by atoms with E-state index in [1.807, 2.05) is 62.4 Å². The largest absolute Gasteiger partial charge is 0.325 e. The van der Waals surface area contributed by atoms with Crippen LogP contribution in [0.1, 0.15) is 24.1 Å². The molecule has 0 aliphatic rings. The predicted octanol–water partition coefficient (Wildman–Crippen LogP) is 3.94. The molecule has 0 heterocycles. The molecule has 21 heavy (non-hydrogen) atoms. The SMILES string of the molecule is Cc1ccccc1NC(=O)CN[C@H](C)c1ccccc1Cl. The number of aryl methyl sites for hydroxylation is 1. The molecule has 0 bridgehead atoms. The van der Waals surface area contributed by atoms with Gasteiger partial charge in [-0.25, -0.2) is 0 Å². The van der Waals surface area contributed by atoms with Gasteiger partial charge >= 0.3 is 0 Å². The van der Waals surface area contributed by atoms with Gasteiger partial charge in [0.2, 0.25) is 5.91 Å². The molecule has 1 atom stereocenters. The standard InChI is InChI=1S/C17H19ClN2O/c1-12-7-3-6-10-16(12)20-17(21)11-19-13(2)14-8-4-5-9-15(14)18/h3-10,13,19H,11H2,1-2H3,(H,20,21)/t13-/m1/s1. The summed E-state index contributed by atoms with van der Waals surface area (Å²) in [6, 6.07) is 15.4. The first kappa shape index (κ1) is 15.5. The van der Waals surface area contributed by atoms with E-state index in [1.165, 1.54) is 0 Å². The number of para-hydroxylation sites is 1. The first-order valence-electron chi connectivity index (χ1n) is 6.91. The Bertz CT molecular complexity index is 628. The molecule has 1 amide bonds. The zero-order valence-electron chi connectivity index (χ0n) is 12.2. The van der Waals surface area contributed by atoms with E-state index in [0.717, 1.165) is 16.8 Å². The fourth-order valence-corrected chi connectivity index (χ4v) is 2.39. The minimum atomic E-state index is -0.0665. The summed E-state index contributed by atoms with van der Waals surface area (Å²) in [5, 5.41) is 6.79. The average Bonchev–Trinajstić information content (AvgIpc) is 2.48. The third-order valence-electron chi connectivity index (χ3n) is 3.36. The quantitative estimate of drug-likeness (QED) is 0.878. The van der Waals surface area contributed by atoms with Crippen LogP contribution in [-0.4, -0.2) is 12.5 Å². The lowest BCUT2D eigenvalue weighted by Crippen LogP contribution is -2.30. The number of anilines is 1. The Labute approximate surface area is 130 Å². The van der Waals surface area contributed by atoms with Crippen LogP contribution in [0, 0.1) is 6.92 Å². The van der Waals surface area contributed by atoms with Gasteiger partial charge in [-0.3, -0.25) is 4.79 Å². The van der Waals surface area contributed by atoms with Gasteiger partial charge in [0.05, 0.1) is 6.54 Å². The van der Waals surface area contributed by atoms with Gasteiger partial charge in [0.25, 0.3) is 0 Å². The number of halogens is 1. The number of hydrogen-bond acceptors (Lipinski definition) is 2. The molecule has 2 aromatic carbocycles. The summed E-state index contributed by atoms with van der Waals surface area (Å²) in [5.74, 6) is -0.0665. The van der Waals surface area contributed by atoms with Crippen molar-refractivity contribution >= 4 is 23.2 Å². The molecule has 2 aromatic rings. The van der Waals surface area contributed by atoms with Crippen LogP contribution >= 0.6 is 11.6 Å². The van der Waals surface area contributed by atoms with E-state index < -0.39 is 0 Å². The number of carbonyl (C=O) groups excluding carboxylic acids is 1. The summed E-state index contributed by atoms with van der Waals surface area (Å²) in [5.41, 5.74) is 2.88. The molecule has 110 valence electrons. The van der Waals surface area contributed by atoms with Gasteiger partial charge in [-0.2, -0.15) is 0 Å². The van der Waals surface area contributed by atoms with Gasteiger partial charge in [-0.15, -0.1) is 0 Å². The molecule has 0 aliphatic carbocycles. The summed E-state index contributed by atoms with van der Waals surface area (Å²) in [6.45, 7) is 4.19. The lowest BCUT2D eigenvalue weighted by Gasteiger charge is -2.16. The minimum absolute atomic E-state index is 0.0151. The van der Waals surface area contributed by atoms with Gasteiger partial charge < -0.3 is 10.6 Å². The Balaban J connectivity index is 1.90. The molecule has 0 unspecified atom stereocenters. The van der Waals surface area contributed by atoms with Crippen LogP contribution in [0.15, 0.2) is 48.5 Å². The zero-order chi connectivity index (χ0) is 15.2. The van der Waals surface area contributed by atoms with Crippen LogP contribution in [0.4, 0.5) is 5.69 Å². The molecule has 0 spiro atoms. The van der Waals surface area contributed by atoms with Gasteiger partial charge in [-0.05, 0) is 37.1 Å². The summed E-state index contributed by atoms with van der Waals surface area (Å²) in [6.07, 6.45) is 0. The molecular weight excluding hydrogens is 284 g/mol. The van der Waals surface area contributed by atoms with E-state index >= 15 is 0 Å². The number of hydrogen-bond donors (Lipinski definition) is 2. The zero-order valence-corrected chi connectivity index (χ0v) is 12.9. The van der Waals surface area contributed by atoms with Gasteiger partial charge in [0.1, 0.15) is 0 Å². The van der Waals surface area contributed by atoms with Crippen molar-refractivity contribution in [2.24, 2.45) is 0 Å². The Morgan fingerprint density at radius 3 is 2.52 bits per heavy atom. The molecule has 3 nitrogen and oxygen atoms in total. The molecule has 0 fully saturated rings. The van der Waals surface area contributed by atoms with Crippen molar-refractivity contribution in [1.82, 2.24) is 5.32 Å². The summed E-state index contributed by atoms with van der Waals surface area (Å²) < 4.78 is 0. The van der Waals surface area contributed by atoms with Gasteiger partial charge in [-0.1, -0.05) is 48.0 Å². The first-order valence-corrected chi connectivity index (χ1v) is 7.29. The molecule has 2 rings (SSSR count). The molecule has 0 aliphatic heterocycles. The number of benzene rings is 2. The van der Waals surface area contributed by atoms with Crippen LogP contribution in [0.3, 0.4) is 0 Å². The monoisotopic (exact) mass is 302 g/mol. The summed E-state index contributed by atoms with van der Waals surface area (Å²) >= 11 is 6.14. The van der Waals surface area contributed by atoms with E-state index in [1.54, 1.807) is 0 Å². The van der Waals surface area contributed by atoms with Crippen LogP contribution < -0.4 is 10.6 Å². The molecule has 2 N–H and O–H groups in total. The highest BCUT2D eigenvalue weighted by atomic mass is 35.5. The molecule has 0 saturated heterocycles. The van der Waals surface area contributed by atoms with Gasteiger partial charge in [0.15, 0.2) is 0 Å². The van der Waals surface area contributed by atoms with Crippen molar-refractivity contribution in [1.29, 1.82) is 0 Å². The maximum absolute atomic E-state index is 12.0. The number of nitrogens with one attached hydrogen (secondary N) is 2. The number of rotatable bonds is 5. The second-order valence-corrected chi connectivity index (χ2v) is 5.39. The van der Waals surface area contributed by atoms with Crippen LogP contribution in [-0.2, 0) is 4.79 Å². The Kier molecular flexibility index (Phi) is 5.37. The van der Waals surface area contributed by atoms with Crippen molar-refractivity contribution in [3.05, 3.63) is 64.7 Å². The lowest BCUT2D eigenvalue weighted by molar-refractivity contribution is -0.115. The van der Waals surface area contributed by atoms with E-state index in [0.29, 0.717) is 5.02 Å². The van der Waals surface area contributed by atoms with Crippen molar-refractivity contribution in [2.75, 3.05) is 11.9 Å². The van der Waals surface area contributed by atoms with Crippen LogP contribution in [0.5, 0.6) is 0 Å². The van der Waals surface area contributed by atoms with Crippen LogP contribution in [0.2, 0.25) is 5.02 Å². The average molecular weight is 303 g/mol. The number of carbonyl (C=O) groups is 1. The van der Waals surface area contributed by atoms with Crippen molar-refractivity contribution in [3.63, 3.8) is 0 Å². The molecule has 0 radical (unpaired) electrons. The smallest absolute Gasteiger partial charge is 0.238 e. The number of amides is 1. The summed E-state index contributed by atoms with van der Waals surface area (Å²) in [7, 11) is 0. The highest BCUT2D eigenvalue weighted by molar-refractivity contribution is 6.31. The van der Waals surface area contributed by atoms with E-state index in [2.05, 4.69) is 10.6 Å². The highest BCUT2D eigenvalue weighted by Gasteiger charge is 2.10. The maximum Gasteiger partial charge on any atom is 0.238 e. The third-order valence-corrected chi connectivity index (χ3v) is 3.70. The summed E-state index contributed by atoms with van der Waals surface area (Å²) in [4.78, 5) is 12.0. The first-order chi connectivity index (χ1) is 10.1. The molecular formula is C17H19ClN2O. The third kappa shape index (κ3) is 4.31. The second kappa shape index (κ2) is 7.25. The predicted molar refractivity (Wildman–Crippen MR) is 87.7 cm³/mol. The minimum Gasteiger partial charge on any atom is -0.325 e. The molecule has 0 saturated carbocycles. The van der Waals surface area contributed by atoms with Crippen molar-refractivity contribution < 1.29 is 4.79 Å². The molecule has 0 aromatic heterocycles. The van der Waals surface area contributed by atoms with Crippen LogP contribution in [0.25, 0.3) is 0 Å². The van der Waals surface area contributed by atoms with E-state index in [4.69, 9.17) is 11.6 Å². The van der Waals surface area contributed by atoms with Crippen molar-refractivity contribution in [2.45, 2.75) is 19.9 Å². The maximum atomic E-state index is 12.0.